The van der Waals surface area contributed by atoms with Gasteiger partial charge in [-0.25, -0.2) is 4.79 Å². The van der Waals surface area contributed by atoms with Crippen molar-refractivity contribution in [3.63, 3.8) is 0 Å². The summed E-state index contributed by atoms with van der Waals surface area (Å²) >= 11 is 0. The minimum Gasteiger partial charge on any atom is -0.483 e. The molecule has 0 fully saturated rings. The zero-order valence-corrected chi connectivity index (χ0v) is 10.9. The summed E-state index contributed by atoms with van der Waals surface area (Å²) in [5.41, 5.74) is 0.0651. The van der Waals surface area contributed by atoms with E-state index in [-0.39, 0.29) is 11.4 Å². The van der Waals surface area contributed by atoms with E-state index in [0.29, 0.717) is 17.7 Å². The highest BCUT2D eigenvalue weighted by Crippen LogP contribution is 2.44. The standard InChI is InChI=1S/C12H14N2O5/c1-12(2)6-7-4-8(14(16)17)5-9(10(7)19-12)18-11(15)13-3/h4-5H,6H2,1-3H3,(H,13,15). The Morgan fingerprint density at radius 1 is 1.53 bits per heavy atom. The topological polar surface area (TPSA) is 90.7 Å². The highest BCUT2D eigenvalue weighted by Gasteiger charge is 2.35. The molecule has 0 aliphatic carbocycles. The Labute approximate surface area is 109 Å². The van der Waals surface area contributed by atoms with Gasteiger partial charge >= 0.3 is 6.09 Å². The van der Waals surface area contributed by atoms with E-state index < -0.39 is 16.6 Å². The summed E-state index contributed by atoms with van der Waals surface area (Å²) in [6.45, 7) is 3.73. The van der Waals surface area contributed by atoms with E-state index in [0.717, 1.165) is 0 Å². The lowest BCUT2D eigenvalue weighted by Crippen LogP contribution is -2.25. The maximum absolute atomic E-state index is 11.3. The first-order chi connectivity index (χ1) is 8.82. The summed E-state index contributed by atoms with van der Waals surface area (Å²) in [4.78, 5) is 21.6. The maximum atomic E-state index is 11.3. The second-order valence-corrected chi connectivity index (χ2v) is 4.87. The van der Waals surface area contributed by atoms with Crippen LogP contribution in [0.3, 0.4) is 0 Å². The molecule has 1 aliphatic heterocycles. The van der Waals surface area contributed by atoms with Crippen molar-refractivity contribution in [2.45, 2.75) is 25.9 Å². The fraction of sp³-hybridized carbons (Fsp3) is 0.417. The average molecular weight is 266 g/mol. The summed E-state index contributed by atoms with van der Waals surface area (Å²) in [5.74, 6) is 0.452. The zero-order chi connectivity index (χ0) is 14.2. The van der Waals surface area contributed by atoms with Crippen LogP contribution in [0.5, 0.6) is 11.5 Å². The van der Waals surface area contributed by atoms with Crippen LogP contribution in [0.4, 0.5) is 10.5 Å². The van der Waals surface area contributed by atoms with Crippen molar-refractivity contribution in [1.29, 1.82) is 0 Å². The molecule has 102 valence electrons. The van der Waals surface area contributed by atoms with Gasteiger partial charge in [0.05, 0.1) is 11.0 Å². The summed E-state index contributed by atoms with van der Waals surface area (Å²) in [5, 5.41) is 13.2. The minimum atomic E-state index is -0.698. The Hall–Kier alpha value is -2.31. The number of benzene rings is 1. The molecule has 7 nitrogen and oxygen atoms in total. The number of nitro benzene ring substituents is 1. The quantitative estimate of drug-likeness (QED) is 0.653. The van der Waals surface area contributed by atoms with Crippen LogP contribution in [0.2, 0.25) is 0 Å². The molecule has 1 aromatic carbocycles. The Bertz CT molecular complexity index is 553. The van der Waals surface area contributed by atoms with Crippen LogP contribution in [0.1, 0.15) is 19.4 Å². The number of non-ortho nitro benzene ring substituents is 1. The molecule has 0 atom stereocenters. The van der Waals surface area contributed by atoms with Gasteiger partial charge in [-0.2, -0.15) is 0 Å². The van der Waals surface area contributed by atoms with Gasteiger partial charge in [-0.05, 0) is 13.8 Å². The molecule has 19 heavy (non-hydrogen) atoms. The molecule has 0 aromatic heterocycles. The number of ether oxygens (including phenoxy) is 2. The van der Waals surface area contributed by atoms with E-state index in [1.54, 1.807) is 0 Å². The number of fused-ring (bicyclic) bond motifs is 1. The number of carbonyl (C=O) groups excluding carboxylic acids is 1. The number of nitrogens with zero attached hydrogens (tertiary/aromatic N) is 1. The first-order valence-electron chi connectivity index (χ1n) is 5.72. The third-order valence-corrected chi connectivity index (χ3v) is 2.73. The van der Waals surface area contributed by atoms with Gasteiger partial charge in [-0.15, -0.1) is 0 Å². The van der Waals surface area contributed by atoms with Gasteiger partial charge in [0.25, 0.3) is 5.69 Å². The first kappa shape index (κ1) is 13.1. The van der Waals surface area contributed by atoms with Crippen molar-refractivity contribution in [1.82, 2.24) is 5.32 Å². The number of rotatable bonds is 2. The smallest absolute Gasteiger partial charge is 0.412 e. The van der Waals surface area contributed by atoms with Crippen molar-refractivity contribution in [2.24, 2.45) is 0 Å². The number of hydrogen-bond donors (Lipinski definition) is 1. The third-order valence-electron chi connectivity index (χ3n) is 2.73. The second-order valence-electron chi connectivity index (χ2n) is 4.87. The monoisotopic (exact) mass is 266 g/mol. The van der Waals surface area contributed by atoms with Crippen LogP contribution >= 0.6 is 0 Å². The second kappa shape index (κ2) is 4.42. The van der Waals surface area contributed by atoms with E-state index in [4.69, 9.17) is 9.47 Å². The van der Waals surface area contributed by atoms with Crippen LogP contribution in [0, 0.1) is 10.1 Å². The summed E-state index contributed by atoms with van der Waals surface area (Å²) in [7, 11) is 1.41. The van der Waals surface area contributed by atoms with Crippen LogP contribution in [0.15, 0.2) is 12.1 Å². The van der Waals surface area contributed by atoms with Crippen LogP contribution in [-0.4, -0.2) is 23.7 Å². The van der Waals surface area contributed by atoms with Crippen molar-refractivity contribution in [3.8, 4) is 11.5 Å². The molecule has 0 saturated heterocycles. The highest BCUT2D eigenvalue weighted by atomic mass is 16.6. The van der Waals surface area contributed by atoms with Gasteiger partial charge in [0.2, 0.25) is 0 Å². The predicted molar refractivity (Wildman–Crippen MR) is 66.6 cm³/mol. The van der Waals surface area contributed by atoms with E-state index in [1.165, 1.54) is 19.2 Å². The zero-order valence-electron chi connectivity index (χ0n) is 10.9. The first-order valence-corrected chi connectivity index (χ1v) is 5.72. The Morgan fingerprint density at radius 3 is 2.79 bits per heavy atom. The van der Waals surface area contributed by atoms with Gasteiger partial charge in [0, 0.05) is 25.1 Å². The van der Waals surface area contributed by atoms with Crippen LogP contribution in [0.25, 0.3) is 0 Å². The minimum absolute atomic E-state index is 0.0640. The Kier molecular flexibility index (Phi) is 3.05. The molecule has 0 saturated carbocycles. The highest BCUT2D eigenvalue weighted by molar-refractivity contribution is 5.72. The average Bonchev–Trinajstić information content (AvgIpc) is 2.63. The summed E-state index contributed by atoms with van der Waals surface area (Å²) < 4.78 is 10.7. The Morgan fingerprint density at radius 2 is 2.21 bits per heavy atom. The number of amides is 1. The lowest BCUT2D eigenvalue weighted by molar-refractivity contribution is -0.385. The summed E-state index contributed by atoms with van der Waals surface area (Å²) in [6.07, 6.45) is -0.176. The molecule has 1 aromatic rings. The van der Waals surface area contributed by atoms with Gasteiger partial charge in [-0.1, -0.05) is 0 Å². The van der Waals surface area contributed by atoms with E-state index in [9.17, 15) is 14.9 Å². The maximum Gasteiger partial charge on any atom is 0.412 e. The molecule has 0 unspecified atom stereocenters. The fourth-order valence-electron chi connectivity index (χ4n) is 1.99. The molecular weight excluding hydrogens is 252 g/mol. The Balaban J connectivity index is 2.47. The van der Waals surface area contributed by atoms with Crippen molar-refractivity contribution >= 4 is 11.8 Å². The molecular formula is C12H14N2O5. The van der Waals surface area contributed by atoms with Gasteiger partial charge in [-0.3, -0.25) is 10.1 Å². The molecule has 1 amide bonds. The normalized spacial score (nSPS) is 15.3. The van der Waals surface area contributed by atoms with Gasteiger partial charge in [0.15, 0.2) is 11.5 Å². The van der Waals surface area contributed by atoms with Crippen molar-refractivity contribution in [2.75, 3.05) is 7.05 Å². The third kappa shape index (κ3) is 2.59. The molecule has 2 rings (SSSR count). The lowest BCUT2D eigenvalue weighted by Gasteiger charge is -2.17. The number of hydrogen-bond acceptors (Lipinski definition) is 5. The predicted octanol–water partition coefficient (Wildman–Crippen LogP) is 2.03. The largest absolute Gasteiger partial charge is 0.483 e. The van der Waals surface area contributed by atoms with Gasteiger partial charge < -0.3 is 14.8 Å². The number of carbonyl (C=O) groups is 1. The lowest BCUT2D eigenvalue weighted by atomic mass is 10.0. The van der Waals surface area contributed by atoms with Crippen LogP contribution in [-0.2, 0) is 6.42 Å². The van der Waals surface area contributed by atoms with Crippen molar-refractivity contribution < 1.29 is 19.2 Å². The van der Waals surface area contributed by atoms with E-state index >= 15 is 0 Å². The molecule has 0 bridgehead atoms. The molecule has 1 heterocycles. The SMILES string of the molecule is CNC(=O)Oc1cc([N+](=O)[O-])cc2c1OC(C)(C)C2. The molecule has 1 N–H and O–H groups in total. The van der Waals surface area contributed by atoms with E-state index in [1.807, 2.05) is 13.8 Å². The molecule has 1 aliphatic rings. The van der Waals surface area contributed by atoms with Gasteiger partial charge in [0.1, 0.15) is 5.60 Å². The molecule has 7 heteroatoms. The molecule has 0 spiro atoms. The van der Waals surface area contributed by atoms with E-state index in [2.05, 4.69) is 5.32 Å². The number of nitro groups is 1. The molecule has 0 radical (unpaired) electrons. The van der Waals surface area contributed by atoms with Crippen LogP contribution < -0.4 is 14.8 Å². The summed E-state index contributed by atoms with van der Waals surface area (Å²) in [6, 6.07) is 2.64. The number of nitrogens with one attached hydrogen (secondary N) is 1. The fourth-order valence-corrected chi connectivity index (χ4v) is 1.99. The van der Waals surface area contributed by atoms with Crippen molar-refractivity contribution in [3.05, 3.63) is 27.8 Å².